The number of nitrogens with zero attached hydrogens (tertiary/aromatic N) is 4. The summed E-state index contributed by atoms with van der Waals surface area (Å²) >= 11 is 0. The molecule has 2 aromatic rings. The van der Waals surface area contributed by atoms with Crippen LogP contribution >= 0.6 is 0 Å². The number of rotatable bonds is 3. The zero-order chi connectivity index (χ0) is 18.6. The molecule has 0 radical (unpaired) electrons. The number of aliphatic hydroxyl groups excluding tert-OH is 2. The van der Waals surface area contributed by atoms with Gasteiger partial charge in [-0.05, 0) is 0 Å². The normalized spacial score (nSPS) is 31.1. The average Bonchev–Trinajstić information content (AvgIpc) is 3.09. The minimum Gasteiger partial charge on any atom is -0.387 e. The van der Waals surface area contributed by atoms with Crippen LogP contribution in [0.3, 0.4) is 0 Å². The molecule has 26 heavy (non-hydrogen) atoms. The molecular weight excluding hydrogens is 354 g/mol. The lowest BCUT2D eigenvalue weighted by Crippen LogP contribution is -2.54. The molecule has 12 heteroatoms. The Morgan fingerprint density at radius 1 is 1.31 bits per heavy atom. The second kappa shape index (κ2) is 5.79. The van der Waals surface area contributed by atoms with Crippen LogP contribution in [0.2, 0.25) is 0 Å². The van der Waals surface area contributed by atoms with Crippen LogP contribution in [0, 0.1) is 0 Å². The van der Waals surface area contributed by atoms with Crippen LogP contribution in [-0.2, 0) is 9.53 Å². The van der Waals surface area contributed by atoms with E-state index in [2.05, 4.69) is 20.3 Å². The lowest BCUT2D eigenvalue weighted by Gasteiger charge is -2.35. The SMILES string of the molecule is Nc1ncnc2c1ncn2[C@@H]1O[C@H](C(=O)NC2CC(F)(F)C2)[C@@H](O)[C@H]1O. The number of nitrogen functional groups attached to an aromatic ring is 1. The summed E-state index contributed by atoms with van der Waals surface area (Å²) < 4.78 is 32.6. The van der Waals surface area contributed by atoms with E-state index in [0.717, 1.165) is 0 Å². The summed E-state index contributed by atoms with van der Waals surface area (Å²) in [4.78, 5) is 24.1. The predicted molar refractivity (Wildman–Crippen MR) is 81.8 cm³/mol. The van der Waals surface area contributed by atoms with E-state index in [0.29, 0.717) is 0 Å². The van der Waals surface area contributed by atoms with Gasteiger partial charge < -0.3 is 26.0 Å². The maximum absolute atomic E-state index is 12.9. The van der Waals surface area contributed by atoms with Gasteiger partial charge in [0.2, 0.25) is 0 Å². The van der Waals surface area contributed by atoms with Gasteiger partial charge in [-0.25, -0.2) is 23.7 Å². The molecule has 1 saturated heterocycles. The van der Waals surface area contributed by atoms with Crippen molar-refractivity contribution in [3.8, 4) is 0 Å². The zero-order valence-corrected chi connectivity index (χ0v) is 13.3. The zero-order valence-electron chi connectivity index (χ0n) is 13.3. The number of imidazole rings is 1. The Hall–Kier alpha value is -2.44. The van der Waals surface area contributed by atoms with E-state index in [1.807, 2.05) is 0 Å². The van der Waals surface area contributed by atoms with Crippen molar-refractivity contribution in [3.63, 3.8) is 0 Å². The van der Waals surface area contributed by atoms with Crippen molar-refractivity contribution in [2.75, 3.05) is 5.73 Å². The molecular formula is C14H16F2N6O4. The largest absolute Gasteiger partial charge is 0.387 e. The quantitative estimate of drug-likeness (QED) is 0.534. The standard InChI is InChI=1S/C14H16F2N6O4/c15-14(16)1-5(2-14)21-12(25)9-7(23)8(24)13(26-9)22-4-20-6-10(17)18-3-19-11(6)22/h3-5,7-9,13,23-24H,1-2H2,(H,21,25)(H2,17,18,19)/t7-,8+,9-,13+/m0/s1. The molecule has 4 atom stereocenters. The molecule has 1 amide bonds. The minimum absolute atomic E-state index is 0.127. The van der Waals surface area contributed by atoms with Crippen LogP contribution in [0.15, 0.2) is 12.7 Å². The number of nitrogens with one attached hydrogen (secondary N) is 1. The Labute approximate surface area is 145 Å². The third-order valence-electron chi connectivity index (χ3n) is 4.59. The first kappa shape index (κ1) is 17.0. The number of alkyl halides is 2. The first-order valence-electron chi connectivity index (χ1n) is 7.89. The van der Waals surface area contributed by atoms with Crippen LogP contribution in [0.4, 0.5) is 14.6 Å². The van der Waals surface area contributed by atoms with Crippen molar-refractivity contribution in [2.45, 2.75) is 49.3 Å². The monoisotopic (exact) mass is 370 g/mol. The third-order valence-corrected chi connectivity index (χ3v) is 4.59. The van der Waals surface area contributed by atoms with Gasteiger partial charge in [-0.2, -0.15) is 0 Å². The summed E-state index contributed by atoms with van der Waals surface area (Å²) in [5.41, 5.74) is 6.24. The van der Waals surface area contributed by atoms with Gasteiger partial charge in [-0.3, -0.25) is 9.36 Å². The van der Waals surface area contributed by atoms with Gasteiger partial charge in [0.25, 0.3) is 11.8 Å². The fraction of sp³-hybridized carbons (Fsp3) is 0.571. The summed E-state index contributed by atoms with van der Waals surface area (Å²) in [6.07, 6.45) is -3.99. The highest BCUT2D eigenvalue weighted by molar-refractivity contribution is 5.83. The molecule has 140 valence electrons. The Morgan fingerprint density at radius 3 is 2.73 bits per heavy atom. The third kappa shape index (κ3) is 2.66. The van der Waals surface area contributed by atoms with E-state index in [1.165, 1.54) is 17.2 Å². The van der Waals surface area contributed by atoms with Gasteiger partial charge in [-0.1, -0.05) is 0 Å². The fourth-order valence-electron chi connectivity index (χ4n) is 3.21. The molecule has 4 rings (SSSR count). The second-order valence-electron chi connectivity index (χ2n) is 6.48. The lowest BCUT2D eigenvalue weighted by molar-refractivity contribution is -0.144. The van der Waals surface area contributed by atoms with Gasteiger partial charge in [0.1, 0.15) is 24.1 Å². The van der Waals surface area contributed by atoms with E-state index < -0.39 is 55.3 Å². The van der Waals surface area contributed by atoms with Gasteiger partial charge in [0.05, 0.1) is 6.33 Å². The van der Waals surface area contributed by atoms with Crippen molar-refractivity contribution in [1.82, 2.24) is 24.8 Å². The number of halogens is 2. The van der Waals surface area contributed by atoms with E-state index in [1.54, 1.807) is 0 Å². The van der Waals surface area contributed by atoms with E-state index in [-0.39, 0.29) is 17.0 Å². The Bertz CT molecular complexity index is 853. The minimum atomic E-state index is -2.79. The highest BCUT2D eigenvalue weighted by Crippen LogP contribution is 2.38. The molecule has 0 spiro atoms. The van der Waals surface area contributed by atoms with Crippen molar-refractivity contribution in [1.29, 1.82) is 0 Å². The highest BCUT2D eigenvalue weighted by Gasteiger charge is 2.51. The fourth-order valence-corrected chi connectivity index (χ4v) is 3.21. The maximum atomic E-state index is 12.9. The predicted octanol–water partition coefficient (Wildman–Crippen LogP) is -1.06. The van der Waals surface area contributed by atoms with Crippen molar-refractivity contribution < 1.29 is 28.5 Å². The first-order valence-corrected chi connectivity index (χ1v) is 7.89. The molecule has 1 saturated carbocycles. The number of anilines is 1. The second-order valence-corrected chi connectivity index (χ2v) is 6.48. The average molecular weight is 370 g/mol. The van der Waals surface area contributed by atoms with E-state index >= 15 is 0 Å². The number of hydrogen-bond acceptors (Lipinski definition) is 8. The molecule has 2 aliphatic rings. The Morgan fingerprint density at radius 2 is 2.04 bits per heavy atom. The number of nitrogens with two attached hydrogens (primary N) is 1. The molecule has 0 unspecified atom stereocenters. The summed E-state index contributed by atoms with van der Waals surface area (Å²) in [6, 6.07) is -0.689. The van der Waals surface area contributed by atoms with Gasteiger partial charge in [0.15, 0.2) is 23.8 Å². The Balaban J connectivity index is 1.52. The van der Waals surface area contributed by atoms with Gasteiger partial charge >= 0.3 is 0 Å². The number of hydrogen-bond donors (Lipinski definition) is 4. The summed E-state index contributed by atoms with van der Waals surface area (Å²) in [5, 5.41) is 22.8. The number of ether oxygens (including phenoxy) is 1. The molecule has 1 aliphatic carbocycles. The number of aromatic nitrogens is 4. The van der Waals surface area contributed by atoms with E-state index in [9.17, 15) is 23.8 Å². The number of fused-ring (bicyclic) bond motifs is 1. The number of carbonyl (C=O) groups is 1. The van der Waals surface area contributed by atoms with Crippen LogP contribution in [0.1, 0.15) is 19.1 Å². The maximum Gasteiger partial charge on any atom is 0.252 e. The topological polar surface area (TPSA) is 148 Å². The molecule has 10 nitrogen and oxygen atoms in total. The highest BCUT2D eigenvalue weighted by atomic mass is 19.3. The van der Waals surface area contributed by atoms with Crippen molar-refractivity contribution in [3.05, 3.63) is 12.7 Å². The summed E-state index contributed by atoms with van der Waals surface area (Å²) in [5.74, 6) is -3.43. The number of carbonyl (C=O) groups excluding carboxylic acids is 1. The molecule has 2 fully saturated rings. The summed E-state index contributed by atoms with van der Waals surface area (Å²) in [6.45, 7) is 0. The molecule has 5 N–H and O–H groups in total. The molecule has 0 aromatic carbocycles. The molecule has 3 heterocycles. The lowest BCUT2D eigenvalue weighted by atomic mass is 9.88. The number of amides is 1. The van der Waals surface area contributed by atoms with Gasteiger partial charge in [-0.15, -0.1) is 0 Å². The van der Waals surface area contributed by atoms with Crippen LogP contribution in [-0.4, -0.2) is 65.9 Å². The molecule has 0 bridgehead atoms. The van der Waals surface area contributed by atoms with Crippen molar-refractivity contribution >= 4 is 22.9 Å². The summed E-state index contributed by atoms with van der Waals surface area (Å²) in [7, 11) is 0. The number of aliphatic hydroxyl groups is 2. The smallest absolute Gasteiger partial charge is 0.252 e. The van der Waals surface area contributed by atoms with Crippen LogP contribution in [0.25, 0.3) is 11.2 Å². The van der Waals surface area contributed by atoms with Crippen molar-refractivity contribution in [2.24, 2.45) is 0 Å². The Kier molecular flexibility index (Phi) is 3.78. The first-order chi connectivity index (χ1) is 12.3. The van der Waals surface area contributed by atoms with Crippen LogP contribution in [0.5, 0.6) is 0 Å². The van der Waals surface area contributed by atoms with E-state index in [4.69, 9.17) is 10.5 Å². The molecule has 2 aromatic heterocycles. The van der Waals surface area contributed by atoms with Gasteiger partial charge in [0, 0.05) is 18.9 Å². The molecule has 1 aliphatic heterocycles. The van der Waals surface area contributed by atoms with Crippen LogP contribution < -0.4 is 11.1 Å².